The lowest BCUT2D eigenvalue weighted by atomic mass is 9.91. The molecule has 5 nitrogen and oxygen atoms in total. The lowest BCUT2D eigenvalue weighted by Crippen LogP contribution is -2.53. The normalized spacial score (nSPS) is 22.3. The zero-order valence-corrected chi connectivity index (χ0v) is 15.5. The fourth-order valence-corrected chi connectivity index (χ4v) is 3.35. The maximum Gasteiger partial charge on any atom is 0.290 e. The van der Waals surface area contributed by atoms with Crippen LogP contribution in [0.2, 0.25) is 10.0 Å². The third kappa shape index (κ3) is 4.93. The molecule has 2 aromatic carbocycles. The highest BCUT2D eigenvalue weighted by Crippen LogP contribution is 2.34. The Labute approximate surface area is 160 Å². The first-order valence-electron chi connectivity index (χ1n) is 7.77. The smallest absolute Gasteiger partial charge is 0.290 e. The summed E-state index contributed by atoms with van der Waals surface area (Å²) in [5, 5.41) is 11.0. The number of hydrogen-bond donors (Lipinski definition) is 3. The minimum atomic E-state index is -0.623. The summed E-state index contributed by atoms with van der Waals surface area (Å²) in [4.78, 5) is 8.36. The Morgan fingerprint density at radius 1 is 1.31 bits per heavy atom. The molecular formula is C18H19Cl2FN2O3. The quantitative estimate of drug-likeness (QED) is 0.670. The molecule has 1 heterocycles. The number of morpholine rings is 1. The van der Waals surface area contributed by atoms with Gasteiger partial charge in [0.05, 0.1) is 0 Å². The van der Waals surface area contributed by atoms with Gasteiger partial charge in [-0.15, -0.1) is 0 Å². The molecule has 0 radical (unpaired) electrons. The van der Waals surface area contributed by atoms with Crippen molar-refractivity contribution in [2.75, 3.05) is 13.1 Å². The van der Waals surface area contributed by atoms with Gasteiger partial charge in [-0.05, 0) is 48.4 Å². The third-order valence-electron chi connectivity index (χ3n) is 3.97. The third-order valence-corrected chi connectivity index (χ3v) is 4.41. The van der Waals surface area contributed by atoms with Crippen molar-refractivity contribution in [2.45, 2.75) is 18.8 Å². The van der Waals surface area contributed by atoms with Gasteiger partial charge in [-0.3, -0.25) is 4.79 Å². The number of carbonyl (C=O) groups is 1. The molecule has 2 aromatic rings. The number of carboxylic acid groups (broad SMARTS) is 1. The first-order chi connectivity index (χ1) is 12.3. The molecule has 1 aliphatic rings. The van der Waals surface area contributed by atoms with E-state index in [1.54, 1.807) is 30.3 Å². The molecule has 0 saturated carbocycles. The Kier molecular flexibility index (Phi) is 6.97. The number of nitrogens with one attached hydrogen (secondary N) is 1. The minimum Gasteiger partial charge on any atom is -0.483 e. The number of ether oxygens (including phenoxy) is 1. The van der Waals surface area contributed by atoms with Crippen molar-refractivity contribution in [1.82, 2.24) is 5.32 Å². The van der Waals surface area contributed by atoms with Crippen LogP contribution in [0, 0.1) is 5.82 Å². The Bertz CT molecular complexity index is 771. The van der Waals surface area contributed by atoms with Crippen LogP contribution in [0.4, 0.5) is 4.39 Å². The molecule has 8 heteroatoms. The van der Waals surface area contributed by atoms with Crippen molar-refractivity contribution in [3.63, 3.8) is 0 Å². The molecule has 3 rings (SSSR count). The predicted octanol–water partition coefficient (Wildman–Crippen LogP) is 3.62. The second-order valence-electron chi connectivity index (χ2n) is 5.98. The van der Waals surface area contributed by atoms with Gasteiger partial charge in [0, 0.05) is 28.7 Å². The van der Waals surface area contributed by atoms with E-state index < -0.39 is 11.8 Å². The fourth-order valence-electron chi connectivity index (χ4n) is 2.83. The van der Waals surface area contributed by atoms with Crippen LogP contribution < -0.4 is 11.1 Å². The first-order valence-corrected chi connectivity index (χ1v) is 8.53. The van der Waals surface area contributed by atoms with Crippen molar-refractivity contribution >= 4 is 29.7 Å². The summed E-state index contributed by atoms with van der Waals surface area (Å²) in [6.07, 6.45) is -0.400. The van der Waals surface area contributed by atoms with Crippen LogP contribution in [-0.4, -0.2) is 30.9 Å². The highest BCUT2D eigenvalue weighted by molar-refractivity contribution is 6.35. The average molecular weight is 401 g/mol. The molecule has 0 bridgehead atoms. The largest absolute Gasteiger partial charge is 0.483 e. The molecule has 140 valence electrons. The Hall–Kier alpha value is -1.70. The molecule has 0 aromatic heterocycles. The van der Waals surface area contributed by atoms with Crippen LogP contribution in [0.25, 0.3) is 11.1 Å². The molecule has 1 aliphatic heterocycles. The van der Waals surface area contributed by atoms with E-state index in [0.717, 1.165) is 5.56 Å². The molecular weight excluding hydrogens is 382 g/mol. The van der Waals surface area contributed by atoms with Crippen LogP contribution in [0.5, 0.6) is 0 Å². The topological polar surface area (TPSA) is 84.6 Å². The van der Waals surface area contributed by atoms with Gasteiger partial charge in [0.2, 0.25) is 0 Å². The number of rotatable bonds is 2. The molecule has 0 spiro atoms. The van der Waals surface area contributed by atoms with E-state index in [1.165, 1.54) is 6.07 Å². The van der Waals surface area contributed by atoms with Crippen molar-refractivity contribution in [3.05, 3.63) is 57.8 Å². The van der Waals surface area contributed by atoms with Crippen LogP contribution in [0.1, 0.15) is 12.5 Å². The minimum absolute atomic E-state index is 0.250. The maximum absolute atomic E-state index is 14.3. The summed E-state index contributed by atoms with van der Waals surface area (Å²) in [7, 11) is 0. The highest BCUT2D eigenvalue weighted by atomic mass is 35.5. The van der Waals surface area contributed by atoms with Crippen molar-refractivity contribution in [1.29, 1.82) is 0 Å². The monoisotopic (exact) mass is 400 g/mol. The van der Waals surface area contributed by atoms with E-state index in [2.05, 4.69) is 5.32 Å². The van der Waals surface area contributed by atoms with Crippen LogP contribution >= 0.6 is 23.2 Å². The molecule has 0 amide bonds. The van der Waals surface area contributed by atoms with Crippen LogP contribution in [0.3, 0.4) is 0 Å². The van der Waals surface area contributed by atoms with E-state index in [9.17, 15) is 4.39 Å². The summed E-state index contributed by atoms with van der Waals surface area (Å²) in [6, 6.07) is 9.88. The predicted molar refractivity (Wildman–Crippen MR) is 99.8 cm³/mol. The van der Waals surface area contributed by atoms with Crippen molar-refractivity contribution < 1.29 is 19.0 Å². The summed E-state index contributed by atoms with van der Waals surface area (Å²) < 4.78 is 20.2. The van der Waals surface area contributed by atoms with Gasteiger partial charge in [0.25, 0.3) is 6.47 Å². The summed E-state index contributed by atoms with van der Waals surface area (Å²) in [5.74, 6) is -0.344. The van der Waals surface area contributed by atoms with E-state index in [-0.39, 0.29) is 12.3 Å². The first kappa shape index (κ1) is 20.6. The fraction of sp³-hybridized carbons (Fsp3) is 0.278. The maximum atomic E-state index is 14.3. The van der Waals surface area contributed by atoms with Gasteiger partial charge in [-0.2, -0.15) is 0 Å². The number of halogens is 3. The summed E-state index contributed by atoms with van der Waals surface area (Å²) >= 11 is 12.1. The molecule has 1 saturated heterocycles. The van der Waals surface area contributed by atoms with E-state index in [4.69, 9.17) is 43.6 Å². The Morgan fingerprint density at radius 3 is 2.50 bits per heavy atom. The summed E-state index contributed by atoms with van der Waals surface area (Å²) in [5.41, 5.74) is 7.14. The van der Waals surface area contributed by atoms with E-state index >= 15 is 0 Å². The zero-order valence-electron chi connectivity index (χ0n) is 14.0. The van der Waals surface area contributed by atoms with E-state index in [1.807, 2.05) is 6.92 Å². The van der Waals surface area contributed by atoms with Gasteiger partial charge < -0.3 is 20.9 Å². The Balaban J connectivity index is 0.000000758. The molecule has 4 N–H and O–H groups in total. The van der Waals surface area contributed by atoms with Gasteiger partial charge in [-0.25, -0.2) is 4.39 Å². The van der Waals surface area contributed by atoms with E-state index in [0.29, 0.717) is 34.3 Å². The molecule has 2 unspecified atom stereocenters. The molecule has 0 aliphatic carbocycles. The molecule has 1 fully saturated rings. The zero-order chi connectivity index (χ0) is 19.3. The van der Waals surface area contributed by atoms with Crippen LogP contribution in [-0.2, 0) is 15.1 Å². The SMILES string of the molecule is CC1(c2ccc(F)c(-c3cc(Cl)cc(Cl)c3)c2)CNCC(N)O1.O=CO. The standard InChI is InChI=1S/C17H17Cl2FN2O.CH2O2/c1-17(9-22-8-16(21)23-17)11-2-3-15(20)14(6-11)10-4-12(18)7-13(19)5-10;2-1-3/h2-7,16,22H,8-9,21H2,1H3;1H,(H,2,3). The van der Waals surface area contributed by atoms with Crippen molar-refractivity contribution in [2.24, 2.45) is 5.73 Å². The number of hydrogen-bond acceptors (Lipinski definition) is 4. The van der Waals surface area contributed by atoms with Gasteiger partial charge in [0.15, 0.2) is 0 Å². The highest BCUT2D eigenvalue weighted by Gasteiger charge is 2.33. The van der Waals surface area contributed by atoms with Gasteiger partial charge in [-0.1, -0.05) is 29.3 Å². The van der Waals surface area contributed by atoms with Gasteiger partial charge >= 0.3 is 0 Å². The van der Waals surface area contributed by atoms with Gasteiger partial charge in [0.1, 0.15) is 17.6 Å². The lowest BCUT2D eigenvalue weighted by molar-refractivity contribution is -0.122. The van der Waals surface area contributed by atoms with Crippen molar-refractivity contribution in [3.8, 4) is 11.1 Å². The second kappa shape index (κ2) is 8.79. The van der Waals surface area contributed by atoms with Crippen LogP contribution in [0.15, 0.2) is 36.4 Å². The summed E-state index contributed by atoms with van der Waals surface area (Å²) in [6.45, 7) is 2.87. The molecule has 2 atom stereocenters. The second-order valence-corrected chi connectivity index (χ2v) is 6.85. The number of nitrogens with two attached hydrogens (primary N) is 1. The molecule has 26 heavy (non-hydrogen) atoms. The lowest BCUT2D eigenvalue weighted by Gasteiger charge is -2.38. The Morgan fingerprint density at radius 2 is 1.92 bits per heavy atom. The number of benzene rings is 2. The average Bonchev–Trinajstić information content (AvgIpc) is 2.54.